The fourth-order valence-corrected chi connectivity index (χ4v) is 7.26. The van der Waals surface area contributed by atoms with Crippen LogP contribution in [0.5, 0.6) is 11.8 Å². The number of hydrogen-bond donors (Lipinski definition) is 2. The van der Waals surface area contributed by atoms with Gasteiger partial charge in [-0.05, 0) is 62.1 Å². The molecular weight excluding hydrogens is 617 g/mol. The van der Waals surface area contributed by atoms with Crippen molar-refractivity contribution in [3.63, 3.8) is 0 Å². The molecule has 2 aromatic heterocycles. The second-order valence-corrected chi connectivity index (χ2v) is 13.7. The maximum Gasteiger partial charge on any atom is 0.319 e. The van der Waals surface area contributed by atoms with Gasteiger partial charge in [0.25, 0.3) is 0 Å². The number of rotatable bonds is 9. The summed E-state index contributed by atoms with van der Waals surface area (Å²) < 4.78 is 51.8. The van der Waals surface area contributed by atoms with Crippen molar-refractivity contribution in [2.75, 3.05) is 44.2 Å². The van der Waals surface area contributed by atoms with Crippen LogP contribution < -0.4 is 15.0 Å². The molecule has 3 fully saturated rings. The molecule has 7 rings (SSSR count). The minimum atomic E-state index is -0.746. The molecule has 4 aromatic rings. The summed E-state index contributed by atoms with van der Waals surface area (Å²) in [6.45, 7) is 8.24. The van der Waals surface area contributed by atoms with Gasteiger partial charge in [0.1, 0.15) is 34.8 Å². The van der Waals surface area contributed by atoms with Crippen molar-refractivity contribution in [3.8, 4) is 35.4 Å². The van der Waals surface area contributed by atoms with E-state index in [-0.39, 0.29) is 57.0 Å². The molecule has 1 saturated carbocycles. The smallest absolute Gasteiger partial charge is 0.319 e. The van der Waals surface area contributed by atoms with E-state index in [1.807, 2.05) is 0 Å². The second-order valence-electron chi connectivity index (χ2n) is 13.7. The lowest BCUT2D eigenvalue weighted by molar-refractivity contribution is 0.107. The summed E-state index contributed by atoms with van der Waals surface area (Å²) in [6.07, 6.45) is 11.4. The van der Waals surface area contributed by atoms with Gasteiger partial charge in [-0.3, -0.25) is 4.98 Å². The number of benzene rings is 2. The normalized spacial score (nSPS) is 21.5. The number of fused-ring (bicyclic) bond motifs is 2. The molecule has 48 heavy (non-hydrogen) atoms. The van der Waals surface area contributed by atoms with Crippen LogP contribution in [0.1, 0.15) is 57.9 Å². The van der Waals surface area contributed by atoms with Gasteiger partial charge in [-0.1, -0.05) is 25.8 Å². The van der Waals surface area contributed by atoms with Crippen LogP contribution in [0.4, 0.5) is 19.0 Å². The molecule has 3 aliphatic rings. The number of alkyl halides is 1. The second kappa shape index (κ2) is 13.1. The van der Waals surface area contributed by atoms with Crippen LogP contribution in [0.2, 0.25) is 0 Å². The lowest BCUT2D eigenvalue weighted by Crippen LogP contribution is -2.56. The Balaban J connectivity index is 1.31. The van der Waals surface area contributed by atoms with E-state index < -0.39 is 17.8 Å². The Labute approximate surface area is 278 Å². The van der Waals surface area contributed by atoms with Crippen molar-refractivity contribution >= 4 is 27.5 Å². The number of nitrogens with one attached hydrogen (secondary N) is 1. The first-order chi connectivity index (χ1) is 23.2. The molecule has 2 atom stereocenters. The van der Waals surface area contributed by atoms with Crippen LogP contribution in [0.15, 0.2) is 30.5 Å². The minimum Gasteiger partial charge on any atom is -0.508 e. The third-order valence-electron chi connectivity index (χ3n) is 10.3. The van der Waals surface area contributed by atoms with Crippen LogP contribution >= 0.6 is 0 Å². The summed E-state index contributed by atoms with van der Waals surface area (Å²) in [4.78, 5) is 18.5. The summed E-state index contributed by atoms with van der Waals surface area (Å²) in [7, 11) is 0. The molecule has 2 saturated heterocycles. The number of pyridine rings is 1. The molecule has 2 aromatic carbocycles. The van der Waals surface area contributed by atoms with Crippen LogP contribution in [0, 0.1) is 29.4 Å². The van der Waals surface area contributed by atoms with Gasteiger partial charge in [0, 0.05) is 67.4 Å². The molecule has 2 N–H and O–H groups in total. The lowest BCUT2D eigenvalue weighted by Gasteiger charge is -2.39. The van der Waals surface area contributed by atoms with E-state index in [0.29, 0.717) is 49.1 Å². The molecule has 1 aliphatic carbocycles. The monoisotopic (exact) mass is 658 g/mol. The van der Waals surface area contributed by atoms with E-state index in [1.54, 1.807) is 6.20 Å². The number of anilines is 1. The quantitative estimate of drug-likeness (QED) is 0.201. The number of piperazine rings is 1. The molecule has 252 valence electrons. The van der Waals surface area contributed by atoms with Crippen molar-refractivity contribution in [3.05, 3.63) is 47.7 Å². The van der Waals surface area contributed by atoms with Crippen molar-refractivity contribution in [1.29, 1.82) is 0 Å². The van der Waals surface area contributed by atoms with E-state index >= 15 is 4.39 Å². The molecule has 0 amide bonds. The number of halogens is 3. The number of hydrogen-bond acceptors (Lipinski definition) is 8. The van der Waals surface area contributed by atoms with Crippen molar-refractivity contribution in [2.24, 2.45) is 5.41 Å². The van der Waals surface area contributed by atoms with E-state index in [2.05, 4.69) is 44.9 Å². The van der Waals surface area contributed by atoms with Gasteiger partial charge < -0.3 is 25.0 Å². The number of phenolic OH excluding ortho intramolecular Hbond substituents is 1. The zero-order valence-electron chi connectivity index (χ0n) is 27.4. The van der Waals surface area contributed by atoms with Gasteiger partial charge in [0.2, 0.25) is 0 Å². The maximum absolute atomic E-state index is 16.9. The fraction of sp³-hybridized carbons (Fsp3) is 0.486. The summed E-state index contributed by atoms with van der Waals surface area (Å²) >= 11 is 0. The van der Waals surface area contributed by atoms with E-state index in [0.717, 1.165) is 45.3 Å². The van der Waals surface area contributed by atoms with Gasteiger partial charge >= 0.3 is 6.01 Å². The summed E-state index contributed by atoms with van der Waals surface area (Å²) in [6, 6.07) is 6.02. The van der Waals surface area contributed by atoms with E-state index in [1.165, 1.54) is 24.3 Å². The lowest BCUT2D eigenvalue weighted by atomic mass is 9.95. The Morgan fingerprint density at radius 1 is 1.08 bits per heavy atom. The predicted octanol–water partition coefficient (Wildman–Crippen LogP) is 6.37. The molecule has 0 bridgehead atoms. The van der Waals surface area contributed by atoms with Crippen molar-refractivity contribution < 1.29 is 23.0 Å². The SMILES string of the molecule is C#Cc1c(F)ccc2cc(O)cc(-c3ncc4c(N5CC(CC)NC(CC)C5)nc(OCC5(CN6CCC(F)CC6)CC5)nc4c3F)c12. The number of aromatic hydroxyl groups is 1. The van der Waals surface area contributed by atoms with Gasteiger partial charge in [-0.15, -0.1) is 6.42 Å². The maximum atomic E-state index is 16.9. The Bertz CT molecular complexity index is 1870. The highest BCUT2D eigenvalue weighted by Gasteiger charge is 2.45. The highest BCUT2D eigenvalue weighted by atomic mass is 19.1. The predicted molar refractivity (Wildman–Crippen MR) is 181 cm³/mol. The summed E-state index contributed by atoms with van der Waals surface area (Å²) in [5, 5.41) is 15.4. The number of phenols is 1. The number of likely N-dealkylation sites (tertiary alicyclic amines) is 1. The van der Waals surface area contributed by atoms with E-state index in [9.17, 15) is 13.9 Å². The highest BCUT2D eigenvalue weighted by Crippen LogP contribution is 2.47. The van der Waals surface area contributed by atoms with Gasteiger partial charge in [0.15, 0.2) is 5.82 Å². The molecule has 8 nitrogen and oxygen atoms in total. The van der Waals surface area contributed by atoms with Gasteiger partial charge in [0.05, 0.1) is 17.6 Å². The number of ether oxygens (including phenoxy) is 1. The third kappa shape index (κ3) is 6.24. The Morgan fingerprint density at radius 3 is 2.48 bits per heavy atom. The first kappa shape index (κ1) is 32.4. The summed E-state index contributed by atoms with van der Waals surface area (Å²) in [5.41, 5.74) is -0.0552. The largest absolute Gasteiger partial charge is 0.508 e. The molecule has 0 radical (unpaired) electrons. The van der Waals surface area contributed by atoms with Crippen molar-refractivity contribution in [2.45, 2.75) is 70.6 Å². The molecular formula is C37H41F3N6O2. The average molecular weight is 659 g/mol. The first-order valence-corrected chi connectivity index (χ1v) is 17.0. The number of piperidine rings is 1. The topological polar surface area (TPSA) is 86.6 Å². The fourth-order valence-electron chi connectivity index (χ4n) is 7.26. The zero-order chi connectivity index (χ0) is 33.6. The molecule has 11 heteroatoms. The van der Waals surface area contributed by atoms with Crippen LogP contribution in [0.25, 0.3) is 32.9 Å². The highest BCUT2D eigenvalue weighted by molar-refractivity contribution is 6.03. The Morgan fingerprint density at radius 2 is 1.81 bits per heavy atom. The van der Waals surface area contributed by atoms with Crippen LogP contribution in [-0.2, 0) is 0 Å². The number of aromatic nitrogens is 3. The molecule has 2 aliphatic heterocycles. The van der Waals surface area contributed by atoms with Crippen molar-refractivity contribution in [1.82, 2.24) is 25.2 Å². The number of nitrogens with zero attached hydrogens (tertiary/aromatic N) is 5. The zero-order valence-corrected chi connectivity index (χ0v) is 27.4. The molecule has 2 unspecified atom stereocenters. The third-order valence-corrected chi connectivity index (χ3v) is 10.3. The van der Waals surface area contributed by atoms with E-state index in [4.69, 9.17) is 16.1 Å². The Kier molecular flexibility index (Phi) is 8.81. The first-order valence-electron chi connectivity index (χ1n) is 17.0. The molecule has 0 spiro atoms. The average Bonchev–Trinajstić information content (AvgIpc) is 3.87. The minimum absolute atomic E-state index is 0.0182. The van der Waals surface area contributed by atoms with Gasteiger partial charge in [-0.25, -0.2) is 13.2 Å². The van der Waals surface area contributed by atoms with Crippen LogP contribution in [-0.4, -0.2) is 82.5 Å². The molecule has 4 heterocycles. The van der Waals surface area contributed by atoms with Crippen LogP contribution in [0.3, 0.4) is 0 Å². The standard InChI is InChI=1S/C37H41F3N6O2/c1-4-24-18-46(19-25(5-2)42-24)35-29-17-41-33(28-16-26(47)15-22-7-8-30(39)27(6-3)31(22)28)32(40)34(29)43-36(44-35)48-21-37(11-12-37)20-45-13-9-23(38)10-14-45/h3,7-8,15-17,23-25,42,47H,4-5,9-14,18-21H2,1-2H3. The Hall–Kier alpha value is -4.14. The number of terminal acetylenes is 1. The summed E-state index contributed by atoms with van der Waals surface area (Å²) in [5.74, 6) is 1.41. The van der Waals surface area contributed by atoms with Gasteiger partial charge in [-0.2, -0.15) is 9.97 Å².